The highest BCUT2D eigenvalue weighted by Gasteiger charge is 2.07. The van der Waals surface area contributed by atoms with E-state index in [0.29, 0.717) is 18.5 Å². The molecule has 0 radical (unpaired) electrons. The van der Waals surface area contributed by atoms with Crippen LogP contribution < -0.4 is 0 Å². The van der Waals surface area contributed by atoms with Gasteiger partial charge in [-0.15, -0.1) is 4.91 Å². The highest BCUT2D eigenvalue weighted by atomic mass is 16.3. The van der Waals surface area contributed by atoms with Crippen LogP contribution in [0.4, 0.5) is 0 Å². The molecular weight excluding hydrogens is 272 g/mol. The van der Waals surface area contributed by atoms with Gasteiger partial charge >= 0.3 is 0 Å². The van der Waals surface area contributed by atoms with Crippen LogP contribution in [0.2, 0.25) is 0 Å². The molecule has 0 unspecified atom stereocenters. The minimum atomic E-state index is -0.225. The summed E-state index contributed by atoms with van der Waals surface area (Å²) in [5.41, 5.74) is 1.66. The second kappa shape index (κ2) is 6.60. The van der Waals surface area contributed by atoms with E-state index < -0.39 is 0 Å². The largest absolute Gasteiger partial charge is 0.508 e. The van der Waals surface area contributed by atoms with Gasteiger partial charge < -0.3 is 15.3 Å². The van der Waals surface area contributed by atoms with E-state index in [1.54, 1.807) is 30.3 Å². The maximum absolute atomic E-state index is 10.9. The van der Waals surface area contributed by atoms with Crippen molar-refractivity contribution in [1.82, 2.24) is 5.01 Å². The lowest BCUT2D eigenvalue weighted by Gasteiger charge is -2.15. The van der Waals surface area contributed by atoms with E-state index in [0.717, 1.165) is 5.56 Å². The molecule has 0 spiro atoms. The van der Waals surface area contributed by atoms with Crippen LogP contribution in [0.15, 0.2) is 47.8 Å². The minimum absolute atomic E-state index is 0.198. The highest BCUT2D eigenvalue weighted by Crippen LogP contribution is 2.25. The fourth-order valence-electron chi connectivity index (χ4n) is 1.95. The van der Waals surface area contributed by atoms with E-state index in [-0.39, 0.29) is 23.8 Å². The van der Waals surface area contributed by atoms with Crippen molar-refractivity contribution in [2.75, 3.05) is 6.54 Å². The molecule has 0 aliphatic rings. The van der Waals surface area contributed by atoms with Gasteiger partial charge in [-0.1, -0.05) is 18.2 Å². The second-order valence-electron chi connectivity index (χ2n) is 4.71. The van der Waals surface area contributed by atoms with E-state index >= 15 is 0 Å². The molecule has 0 saturated heterocycles. The summed E-state index contributed by atoms with van der Waals surface area (Å²) in [6.07, 6.45) is 0.607. The van der Waals surface area contributed by atoms with Gasteiger partial charge in [0.05, 0.1) is 11.8 Å². The zero-order chi connectivity index (χ0) is 15.2. The molecular formula is C15H16N2O4. The number of nitrogens with zero attached hydrogens (tertiary/aromatic N) is 2. The van der Waals surface area contributed by atoms with E-state index in [4.69, 9.17) is 0 Å². The summed E-state index contributed by atoms with van der Waals surface area (Å²) in [4.78, 5) is 10.9. The smallest absolute Gasteiger partial charge is 0.157 e. The zero-order valence-corrected chi connectivity index (χ0v) is 11.3. The number of rotatable bonds is 6. The van der Waals surface area contributed by atoms with Gasteiger partial charge in [-0.25, -0.2) is 0 Å². The standard InChI is InChI=1S/C15H16N2O4/c18-13-4-1-11(2-5-13)7-8-17(16-21)10-12-3-6-14(19)15(20)9-12/h1-6,9,18-20H,7-8,10H2. The van der Waals surface area contributed by atoms with Gasteiger partial charge in [0.25, 0.3) is 0 Å². The molecule has 0 aliphatic carbocycles. The Morgan fingerprint density at radius 1 is 0.905 bits per heavy atom. The molecule has 6 heteroatoms. The van der Waals surface area contributed by atoms with E-state index in [9.17, 15) is 20.2 Å². The number of phenolic OH excluding ortho intramolecular Hbond substituents is 3. The van der Waals surface area contributed by atoms with Crippen LogP contribution in [0.3, 0.4) is 0 Å². The molecule has 0 atom stereocenters. The Bertz CT molecular complexity index is 614. The van der Waals surface area contributed by atoms with Crippen LogP contribution in [0, 0.1) is 4.91 Å². The van der Waals surface area contributed by atoms with Crippen molar-refractivity contribution in [2.45, 2.75) is 13.0 Å². The number of nitroso groups, excluding NO2 is 1. The lowest BCUT2D eigenvalue weighted by molar-refractivity contribution is 0.278. The predicted molar refractivity (Wildman–Crippen MR) is 77.8 cm³/mol. The molecule has 6 nitrogen and oxygen atoms in total. The first kappa shape index (κ1) is 14.6. The molecule has 2 rings (SSSR count). The lowest BCUT2D eigenvalue weighted by Crippen LogP contribution is -2.19. The van der Waals surface area contributed by atoms with Gasteiger partial charge in [-0.2, -0.15) is 0 Å². The number of benzene rings is 2. The summed E-state index contributed by atoms with van der Waals surface area (Å²) in [7, 11) is 0. The van der Waals surface area contributed by atoms with Crippen LogP contribution in [0.5, 0.6) is 17.2 Å². The number of phenols is 3. The van der Waals surface area contributed by atoms with Gasteiger partial charge in [0.2, 0.25) is 0 Å². The summed E-state index contributed by atoms with van der Waals surface area (Å²) < 4.78 is 0. The summed E-state index contributed by atoms with van der Waals surface area (Å²) in [6, 6.07) is 11.1. The van der Waals surface area contributed by atoms with Gasteiger partial charge in [-0.3, -0.25) is 5.01 Å². The van der Waals surface area contributed by atoms with Crippen molar-refractivity contribution in [2.24, 2.45) is 5.29 Å². The average Bonchev–Trinajstić information content (AvgIpc) is 2.49. The zero-order valence-electron chi connectivity index (χ0n) is 11.3. The van der Waals surface area contributed by atoms with Crippen LogP contribution in [0.1, 0.15) is 11.1 Å². The predicted octanol–water partition coefficient (Wildman–Crippen LogP) is 2.53. The van der Waals surface area contributed by atoms with E-state index in [1.807, 2.05) is 0 Å². The molecule has 0 heterocycles. The third-order valence-corrected chi connectivity index (χ3v) is 3.12. The topological polar surface area (TPSA) is 93.4 Å². The molecule has 2 aromatic rings. The van der Waals surface area contributed by atoms with Crippen molar-refractivity contribution in [3.05, 3.63) is 58.5 Å². The summed E-state index contributed by atoms with van der Waals surface area (Å²) >= 11 is 0. The third kappa shape index (κ3) is 4.10. The van der Waals surface area contributed by atoms with Crippen LogP contribution in [-0.2, 0) is 13.0 Å². The Hall–Kier alpha value is -2.76. The Labute approximate surface area is 121 Å². The molecule has 110 valence electrons. The summed E-state index contributed by atoms with van der Waals surface area (Å²) in [5, 5.41) is 32.1. The molecule has 3 N–H and O–H groups in total. The number of aromatic hydroxyl groups is 3. The average molecular weight is 288 g/mol. The van der Waals surface area contributed by atoms with E-state index in [2.05, 4.69) is 5.29 Å². The summed E-state index contributed by atoms with van der Waals surface area (Å²) in [6.45, 7) is 0.658. The first-order valence-electron chi connectivity index (χ1n) is 6.45. The van der Waals surface area contributed by atoms with Crippen LogP contribution in [0.25, 0.3) is 0 Å². The molecule has 21 heavy (non-hydrogen) atoms. The van der Waals surface area contributed by atoms with Gasteiger partial charge in [-0.05, 0) is 41.8 Å². The van der Waals surface area contributed by atoms with Gasteiger partial charge in [0.1, 0.15) is 5.75 Å². The maximum Gasteiger partial charge on any atom is 0.157 e. The Morgan fingerprint density at radius 3 is 2.19 bits per heavy atom. The fraction of sp³-hybridized carbons (Fsp3) is 0.200. The second-order valence-corrected chi connectivity index (χ2v) is 4.71. The molecule has 0 amide bonds. The van der Waals surface area contributed by atoms with Gasteiger partial charge in [0, 0.05) is 6.54 Å². The van der Waals surface area contributed by atoms with E-state index in [1.165, 1.54) is 17.1 Å². The first-order chi connectivity index (χ1) is 10.1. The van der Waals surface area contributed by atoms with Crippen molar-refractivity contribution in [1.29, 1.82) is 0 Å². The molecule has 0 fully saturated rings. The van der Waals surface area contributed by atoms with Crippen LogP contribution in [-0.4, -0.2) is 26.9 Å². The normalized spacial score (nSPS) is 10.3. The quantitative estimate of drug-likeness (QED) is 0.431. The molecule has 0 saturated carbocycles. The molecule has 0 aromatic heterocycles. The molecule has 0 aliphatic heterocycles. The maximum atomic E-state index is 10.9. The Morgan fingerprint density at radius 2 is 1.57 bits per heavy atom. The lowest BCUT2D eigenvalue weighted by atomic mass is 10.1. The van der Waals surface area contributed by atoms with Crippen LogP contribution >= 0.6 is 0 Å². The third-order valence-electron chi connectivity index (χ3n) is 3.12. The van der Waals surface area contributed by atoms with Crippen molar-refractivity contribution < 1.29 is 15.3 Å². The Balaban J connectivity index is 1.95. The SMILES string of the molecule is O=NN(CCc1ccc(O)cc1)Cc1ccc(O)c(O)c1. The molecule has 2 aromatic carbocycles. The first-order valence-corrected chi connectivity index (χ1v) is 6.45. The minimum Gasteiger partial charge on any atom is -0.508 e. The number of hydrogen-bond acceptors (Lipinski definition) is 5. The van der Waals surface area contributed by atoms with Crippen molar-refractivity contribution in [3.8, 4) is 17.2 Å². The van der Waals surface area contributed by atoms with Gasteiger partial charge in [0.15, 0.2) is 11.5 Å². The summed E-state index contributed by atoms with van der Waals surface area (Å²) in [5.74, 6) is -0.228. The molecule has 0 bridgehead atoms. The monoisotopic (exact) mass is 288 g/mol. The highest BCUT2D eigenvalue weighted by molar-refractivity contribution is 5.40. The Kier molecular flexibility index (Phi) is 4.61. The number of hydrogen-bond donors (Lipinski definition) is 3. The van der Waals surface area contributed by atoms with Crippen molar-refractivity contribution >= 4 is 0 Å². The van der Waals surface area contributed by atoms with Crippen molar-refractivity contribution in [3.63, 3.8) is 0 Å². The fourth-order valence-corrected chi connectivity index (χ4v) is 1.95.